The normalized spacial score (nSPS) is 11.2. The van der Waals surface area contributed by atoms with E-state index in [1.54, 1.807) is 25.1 Å². The third-order valence-corrected chi connectivity index (χ3v) is 2.90. The van der Waals surface area contributed by atoms with E-state index in [-0.39, 0.29) is 16.7 Å². The van der Waals surface area contributed by atoms with E-state index in [1.807, 2.05) is 0 Å². The second-order valence-corrected chi connectivity index (χ2v) is 4.23. The predicted molar refractivity (Wildman–Crippen MR) is 72.3 cm³/mol. The molecule has 2 rings (SSSR count). The van der Waals surface area contributed by atoms with Crippen LogP contribution in [0.2, 0.25) is 0 Å². The lowest BCUT2D eigenvalue weighted by atomic mass is 9.94. The topological polar surface area (TPSA) is 26.3 Å². The lowest BCUT2D eigenvalue weighted by Crippen LogP contribution is -2.09. The van der Waals surface area contributed by atoms with Crippen molar-refractivity contribution in [3.63, 3.8) is 0 Å². The molecule has 0 aliphatic heterocycles. The Labute approximate surface area is 120 Å². The van der Waals surface area contributed by atoms with Crippen LogP contribution >= 0.6 is 0 Å². The first-order valence-corrected chi connectivity index (χ1v) is 6.28. The molecule has 109 valence electrons. The van der Waals surface area contributed by atoms with Crippen molar-refractivity contribution in [2.75, 3.05) is 6.61 Å². The summed E-state index contributed by atoms with van der Waals surface area (Å²) in [6.45, 7) is 2.05. The van der Waals surface area contributed by atoms with Crippen LogP contribution in [0.3, 0.4) is 0 Å². The van der Waals surface area contributed by atoms with E-state index < -0.39 is 11.7 Å². The number of para-hydroxylation sites is 1. The van der Waals surface area contributed by atoms with Crippen molar-refractivity contribution in [1.82, 2.24) is 0 Å². The molecule has 0 spiro atoms. The van der Waals surface area contributed by atoms with Crippen molar-refractivity contribution >= 4 is 6.29 Å². The van der Waals surface area contributed by atoms with Crippen LogP contribution in [0.1, 0.15) is 22.8 Å². The Kier molecular flexibility index (Phi) is 4.31. The number of ether oxygens (including phenoxy) is 1. The summed E-state index contributed by atoms with van der Waals surface area (Å²) in [4.78, 5) is 11.1. The van der Waals surface area contributed by atoms with Crippen molar-refractivity contribution in [3.8, 4) is 16.9 Å². The van der Waals surface area contributed by atoms with Gasteiger partial charge in [-0.3, -0.25) is 4.79 Å². The highest BCUT2D eigenvalue weighted by Gasteiger charge is 2.35. The molecule has 0 N–H and O–H groups in total. The zero-order valence-corrected chi connectivity index (χ0v) is 11.2. The van der Waals surface area contributed by atoms with Gasteiger partial charge in [0, 0.05) is 16.7 Å². The Balaban J connectivity index is 2.76. The average molecular weight is 293 g/mol. The van der Waals surface area contributed by atoms with Gasteiger partial charge < -0.3 is 4.74 Å². The fraction of sp³-hybridized carbons (Fsp3) is 0.188. The standard InChI is InChI=1S/C16H12F3O2/c1-2-21-14-9-4-3-7-12(14)15-11(10-20)6-5-8-13(15)16(17,18)19/h3-7,9-10H,2H2,1H3. The molecule has 0 unspecified atom stereocenters. The van der Waals surface area contributed by atoms with Crippen LogP contribution < -0.4 is 4.74 Å². The van der Waals surface area contributed by atoms with E-state index >= 15 is 0 Å². The van der Waals surface area contributed by atoms with Crippen LogP contribution in [0.4, 0.5) is 13.2 Å². The van der Waals surface area contributed by atoms with Gasteiger partial charge in [-0.05, 0) is 19.1 Å². The number of benzene rings is 2. The number of hydrogen-bond acceptors (Lipinski definition) is 2. The molecule has 0 amide bonds. The van der Waals surface area contributed by atoms with Crippen LogP contribution in [0, 0.1) is 6.07 Å². The third-order valence-electron chi connectivity index (χ3n) is 2.90. The molecular weight excluding hydrogens is 281 g/mol. The quantitative estimate of drug-likeness (QED) is 0.782. The highest BCUT2D eigenvalue weighted by molar-refractivity contribution is 5.91. The van der Waals surface area contributed by atoms with Gasteiger partial charge in [0.15, 0.2) is 6.29 Å². The Hall–Kier alpha value is -2.30. The molecule has 0 aromatic heterocycles. The Morgan fingerprint density at radius 3 is 2.57 bits per heavy atom. The Morgan fingerprint density at radius 1 is 1.24 bits per heavy atom. The summed E-state index contributed by atoms with van der Waals surface area (Å²) in [6, 6.07) is 10.9. The first-order chi connectivity index (χ1) is 9.99. The minimum Gasteiger partial charge on any atom is -0.493 e. The number of carbonyl (C=O) groups is 1. The molecule has 0 heterocycles. The molecule has 0 aliphatic carbocycles. The maximum absolute atomic E-state index is 13.2. The number of rotatable bonds is 4. The van der Waals surface area contributed by atoms with E-state index in [1.165, 1.54) is 12.1 Å². The molecule has 5 heteroatoms. The van der Waals surface area contributed by atoms with E-state index in [0.717, 1.165) is 6.07 Å². The first-order valence-electron chi connectivity index (χ1n) is 6.28. The molecule has 2 aromatic rings. The van der Waals surface area contributed by atoms with Crippen LogP contribution in [-0.4, -0.2) is 12.9 Å². The molecule has 0 saturated carbocycles. The summed E-state index contributed by atoms with van der Waals surface area (Å²) in [7, 11) is 0. The minimum atomic E-state index is -4.60. The number of halogens is 3. The van der Waals surface area contributed by atoms with Crippen LogP contribution in [-0.2, 0) is 6.18 Å². The summed E-state index contributed by atoms with van der Waals surface area (Å²) in [5, 5.41) is 0. The fourth-order valence-corrected chi connectivity index (χ4v) is 2.08. The number of carbonyl (C=O) groups excluding carboxylic acids is 1. The van der Waals surface area contributed by atoms with Crippen molar-refractivity contribution in [2.45, 2.75) is 13.1 Å². The van der Waals surface area contributed by atoms with E-state index in [0.29, 0.717) is 18.6 Å². The highest BCUT2D eigenvalue weighted by atomic mass is 19.4. The molecular formula is C16H12F3O2. The molecule has 2 nitrogen and oxygen atoms in total. The summed E-state index contributed by atoms with van der Waals surface area (Å²) >= 11 is 0. The van der Waals surface area contributed by atoms with Gasteiger partial charge in [-0.15, -0.1) is 0 Å². The maximum atomic E-state index is 13.2. The second-order valence-electron chi connectivity index (χ2n) is 4.23. The molecule has 0 fully saturated rings. The van der Waals surface area contributed by atoms with Gasteiger partial charge in [-0.1, -0.05) is 30.3 Å². The molecule has 1 radical (unpaired) electrons. The minimum absolute atomic E-state index is 0.0479. The molecule has 0 bridgehead atoms. The predicted octanol–water partition coefficient (Wildman–Crippen LogP) is 4.38. The summed E-state index contributed by atoms with van der Waals surface area (Å²) in [6.07, 6.45) is -4.20. The molecule has 2 aromatic carbocycles. The van der Waals surface area contributed by atoms with Crippen LogP contribution in [0.5, 0.6) is 5.75 Å². The monoisotopic (exact) mass is 293 g/mol. The van der Waals surface area contributed by atoms with E-state index in [4.69, 9.17) is 4.74 Å². The second kappa shape index (κ2) is 5.99. The summed E-state index contributed by atoms with van der Waals surface area (Å²) in [5.41, 5.74) is -0.998. The maximum Gasteiger partial charge on any atom is 0.417 e. The lowest BCUT2D eigenvalue weighted by Gasteiger charge is -2.17. The van der Waals surface area contributed by atoms with Crippen LogP contribution in [0.15, 0.2) is 36.4 Å². The zero-order valence-electron chi connectivity index (χ0n) is 11.2. The SMILES string of the molecule is CCOc1ccccc1-c1c(C(F)(F)F)[c]ccc1C=O. The lowest BCUT2D eigenvalue weighted by molar-refractivity contribution is -0.137. The molecule has 21 heavy (non-hydrogen) atoms. The van der Waals surface area contributed by atoms with Crippen molar-refractivity contribution in [2.24, 2.45) is 0 Å². The third kappa shape index (κ3) is 3.07. The fourth-order valence-electron chi connectivity index (χ4n) is 2.08. The first kappa shape index (κ1) is 15.1. The van der Waals surface area contributed by atoms with Gasteiger partial charge in [0.2, 0.25) is 0 Å². The smallest absolute Gasteiger partial charge is 0.417 e. The number of aldehydes is 1. The number of hydrogen-bond donors (Lipinski definition) is 0. The average Bonchev–Trinajstić information content (AvgIpc) is 2.46. The van der Waals surface area contributed by atoms with Gasteiger partial charge in [-0.25, -0.2) is 0 Å². The highest BCUT2D eigenvalue weighted by Crippen LogP contribution is 2.41. The zero-order chi connectivity index (χ0) is 15.5. The largest absolute Gasteiger partial charge is 0.493 e. The Bertz CT molecular complexity index is 648. The van der Waals surface area contributed by atoms with Gasteiger partial charge in [0.05, 0.1) is 12.2 Å². The van der Waals surface area contributed by atoms with E-state index in [9.17, 15) is 18.0 Å². The summed E-state index contributed by atoms with van der Waals surface area (Å²) in [5.74, 6) is 0.299. The van der Waals surface area contributed by atoms with Crippen molar-refractivity contribution in [3.05, 3.63) is 53.6 Å². The molecule has 0 aliphatic rings. The van der Waals surface area contributed by atoms with Gasteiger partial charge >= 0.3 is 6.18 Å². The van der Waals surface area contributed by atoms with Crippen LogP contribution in [0.25, 0.3) is 11.1 Å². The summed E-state index contributed by atoms with van der Waals surface area (Å²) < 4.78 is 44.9. The molecule has 0 saturated heterocycles. The Morgan fingerprint density at radius 2 is 1.95 bits per heavy atom. The van der Waals surface area contributed by atoms with Gasteiger partial charge in [-0.2, -0.15) is 13.2 Å². The van der Waals surface area contributed by atoms with Gasteiger partial charge in [0.1, 0.15) is 5.75 Å². The van der Waals surface area contributed by atoms with Crippen molar-refractivity contribution in [1.29, 1.82) is 0 Å². The van der Waals surface area contributed by atoms with E-state index in [2.05, 4.69) is 6.07 Å². The number of alkyl halides is 3. The van der Waals surface area contributed by atoms with Gasteiger partial charge in [0.25, 0.3) is 0 Å². The van der Waals surface area contributed by atoms with Crippen molar-refractivity contribution < 1.29 is 22.7 Å². The molecule has 0 atom stereocenters.